The molecule has 0 spiro atoms. The molecule has 0 saturated heterocycles. The van der Waals surface area contributed by atoms with Crippen molar-refractivity contribution in [2.24, 2.45) is 5.92 Å². The SMILES string of the molecule is O=C(N[C@H](CO)c1ccc(F)c(Cl)c1)N1CCc2cnc(CC3CCC(F)(F)CC3)nc2C1. The summed E-state index contributed by atoms with van der Waals surface area (Å²) in [4.78, 5) is 23.5. The van der Waals surface area contributed by atoms with Gasteiger partial charge in [0.05, 0.1) is 29.9 Å². The number of nitrogens with one attached hydrogen (secondary N) is 1. The maximum atomic E-state index is 13.4. The van der Waals surface area contributed by atoms with Crippen molar-refractivity contribution in [1.29, 1.82) is 0 Å². The number of amides is 2. The van der Waals surface area contributed by atoms with Crippen LogP contribution in [-0.2, 0) is 19.4 Å². The van der Waals surface area contributed by atoms with Gasteiger partial charge >= 0.3 is 6.03 Å². The van der Waals surface area contributed by atoms with Gasteiger partial charge < -0.3 is 15.3 Å². The monoisotopic (exact) mass is 482 g/mol. The zero-order chi connectivity index (χ0) is 23.6. The molecular formula is C23H26ClF3N4O2. The number of alkyl halides is 2. The zero-order valence-corrected chi connectivity index (χ0v) is 18.8. The third kappa shape index (κ3) is 5.76. The van der Waals surface area contributed by atoms with Gasteiger partial charge in [0.1, 0.15) is 11.6 Å². The van der Waals surface area contributed by atoms with Gasteiger partial charge in [-0.3, -0.25) is 0 Å². The minimum absolute atomic E-state index is 0.0852. The van der Waals surface area contributed by atoms with E-state index in [-0.39, 0.29) is 43.0 Å². The molecule has 2 N–H and O–H groups in total. The molecule has 10 heteroatoms. The Balaban J connectivity index is 1.39. The highest BCUT2D eigenvalue weighted by molar-refractivity contribution is 6.30. The molecule has 1 aromatic heterocycles. The normalized spacial score (nSPS) is 19.1. The average molecular weight is 483 g/mol. The summed E-state index contributed by atoms with van der Waals surface area (Å²) in [5, 5.41) is 12.4. The second-order valence-corrected chi connectivity index (χ2v) is 9.20. The van der Waals surface area contributed by atoms with Crippen molar-refractivity contribution in [2.45, 2.75) is 57.0 Å². The van der Waals surface area contributed by atoms with E-state index in [1.807, 2.05) is 0 Å². The molecule has 1 saturated carbocycles. The minimum Gasteiger partial charge on any atom is -0.394 e. The lowest BCUT2D eigenvalue weighted by atomic mass is 9.84. The summed E-state index contributed by atoms with van der Waals surface area (Å²) in [5.74, 6) is -2.39. The van der Waals surface area contributed by atoms with Gasteiger partial charge in [0.2, 0.25) is 5.92 Å². The number of aromatic nitrogens is 2. The summed E-state index contributed by atoms with van der Waals surface area (Å²) >= 11 is 5.82. The van der Waals surface area contributed by atoms with Gasteiger partial charge in [-0.25, -0.2) is 27.9 Å². The highest BCUT2D eigenvalue weighted by Gasteiger charge is 2.35. The first-order valence-electron chi connectivity index (χ1n) is 11.1. The molecule has 1 fully saturated rings. The molecule has 0 radical (unpaired) electrons. The zero-order valence-electron chi connectivity index (χ0n) is 18.0. The summed E-state index contributed by atoms with van der Waals surface area (Å²) in [6.07, 6.45) is 3.62. The summed E-state index contributed by atoms with van der Waals surface area (Å²) in [5.41, 5.74) is 2.20. The molecule has 33 heavy (non-hydrogen) atoms. The second kappa shape index (κ2) is 9.85. The van der Waals surface area contributed by atoms with Gasteiger partial charge in [0.25, 0.3) is 0 Å². The molecule has 1 aromatic carbocycles. The van der Waals surface area contributed by atoms with E-state index in [2.05, 4.69) is 15.3 Å². The van der Waals surface area contributed by atoms with E-state index in [0.29, 0.717) is 43.6 Å². The lowest BCUT2D eigenvalue weighted by Crippen LogP contribution is -2.45. The lowest BCUT2D eigenvalue weighted by molar-refractivity contribution is -0.0458. The molecule has 0 unspecified atom stereocenters. The van der Waals surface area contributed by atoms with Crippen LogP contribution in [-0.4, -0.2) is 45.1 Å². The number of benzene rings is 1. The molecule has 1 aliphatic carbocycles. The second-order valence-electron chi connectivity index (χ2n) is 8.79. The van der Waals surface area contributed by atoms with Crippen LogP contribution in [0.15, 0.2) is 24.4 Å². The van der Waals surface area contributed by atoms with Crippen molar-refractivity contribution in [2.75, 3.05) is 13.2 Å². The maximum absolute atomic E-state index is 13.4. The van der Waals surface area contributed by atoms with Crippen LogP contribution in [0, 0.1) is 11.7 Å². The molecule has 0 bridgehead atoms. The van der Waals surface area contributed by atoms with Gasteiger partial charge in [-0.15, -0.1) is 0 Å². The van der Waals surface area contributed by atoms with Crippen LogP contribution in [0.1, 0.15) is 54.4 Å². The number of halogens is 4. The Morgan fingerprint density at radius 2 is 2.09 bits per heavy atom. The fourth-order valence-electron chi connectivity index (χ4n) is 4.38. The average Bonchev–Trinajstić information content (AvgIpc) is 2.80. The number of urea groups is 1. The van der Waals surface area contributed by atoms with Gasteiger partial charge in [-0.1, -0.05) is 17.7 Å². The summed E-state index contributed by atoms with van der Waals surface area (Å²) in [6, 6.07) is 2.92. The Kier molecular flexibility index (Phi) is 7.09. The molecule has 1 atom stereocenters. The van der Waals surface area contributed by atoms with Crippen LogP contribution in [0.25, 0.3) is 0 Å². The van der Waals surface area contributed by atoms with E-state index in [4.69, 9.17) is 11.6 Å². The molecule has 4 rings (SSSR count). The van der Waals surface area contributed by atoms with Crippen molar-refractivity contribution in [1.82, 2.24) is 20.2 Å². The van der Waals surface area contributed by atoms with Crippen molar-refractivity contribution in [3.05, 3.63) is 57.9 Å². The van der Waals surface area contributed by atoms with Crippen LogP contribution >= 0.6 is 11.6 Å². The highest BCUT2D eigenvalue weighted by Crippen LogP contribution is 2.37. The smallest absolute Gasteiger partial charge is 0.318 e. The number of aliphatic hydroxyl groups excluding tert-OH is 1. The Hall–Kier alpha value is -2.39. The minimum atomic E-state index is -2.56. The molecule has 2 aromatic rings. The van der Waals surface area contributed by atoms with Gasteiger partial charge in [-0.05, 0) is 48.4 Å². The summed E-state index contributed by atoms with van der Waals surface area (Å²) in [6.45, 7) is 0.369. The quantitative estimate of drug-likeness (QED) is 0.660. The Bertz CT molecular complexity index is 1010. The summed E-state index contributed by atoms with van der Waals surface area (Å²) < 4.78 is 40.3. The van der Waals surface area contributed by atoms with Crippen LogP contribution in [0.2, 0.25) is 5.02 Å². The van der Waals surface area contributed by atoms with E-state index < -0.39 is 17.8 Å². The number of rotatable bonds is 5. The molecule has 2 heterocycles. The highest BCUT2D eigenvalue weighted by atomic mass is 35.5. The van der Waals surface area contributed by atoms with Gasteiger partial charge in [0, 0.05) is 32.0 Å². The molecule has 1 aliphatic heterocycles. The van der Waals surface area contributed by atoms with Crippen LogP contribution < -0.4 is 5.32 Å². The number of hydrogen-bond donors (Lipinski definition) is 2. The molecule has 178 valence electrons. The maximum Gasteiger partial charge on any atom is 0.318 e. The van der Waals surface area contributed by atoms with Crippen LogP contribution in [0.5, 0.6) is 0 Å². The van der Waals surface area contributed by atoms with Crippen molar-refractivity contribution in [3.8, 4) is 0 Å². The molecule has 6 nitrogen and oxygen atoms in total. The van der Waals surface area contributed by atoms with Crippen molar-refractivity contribution in [3.63, 3.8) is 0 Å². The van der Waals surface area contributed by atoms with Crippen molar-refractivity contribution < 1.29 is 23.1 Å². The largest absolute Gasteiger partial charge is 0.394 e. The standard InChI is InChI=1S/C23H26ClF3N4O2/c24-17-10-15(1-2-18(17)25)20(13-32)30-22(33)31-8-5-16-11-28-21(29-19(16)12-31)9-14-3-6-23(26,27)7-4-14/h1-2,10-11,14,20,32H,3-9,12-13H2,(H,30,33)/t20-/m1/s1. The van der Waals surface area contributed by atoms with Crippen molar-refractivity contribution >= 4 is 17.6 Å². The van der Waals surface area contributed by atoms with Gasteiger partial charge in [-0.2, -0.15) is 0 Å². The Morgan fingerprint density at radius 3 is 2.79 bits per heavy atom. The number of fused-ring (bicyclic) bond motifs is 1. The fraction of sp³-hybridized carbons (Fsp3) is 0.522. The molecule has 2 aliphatic rings. The first kappa shape index (κ1) is 23.8. The van der Waals surface area contributed by atoms with Crippen LogP contribution in [0.3, 0.4) is 0 Å². The molecular weight excluding hydrogens is 457 g/mol. The Morgan fingerprint density at radius 1 is 1.33 bits per heavy atom. The number of hydrogen-bond acceptors (Lipinski definition) is 4. The number of aliphatic hydroxyl groups is 1. The van der Waals surface area contributed by atoms with E-state index in [0.717, 1.165) is 11.3 Å². The first-order chi connectivity index (χ1) is 15.7. The van der Waals surface area contributed by atoms with E-state index in [1.54, 1.807) is 11.1 Å². The fourth-order valence-corrected chi connectivity index (χ4v) is 4.57. The third-order valence-corrected chi connectivity index (χ3v) is 6.71. The number of nitrogens with zero attached hydrogens (tertiary/aromatic N) is 3. The van der Waals surface area contributed by atoms with E-state index in [1.165, 1.54) is 18.2 Å². The lowest BCUT2D eigenvalue weighted by Gasteiger charge is -2.30. The van der Waals surface area contributed by atoms with E-state index >= 15 is 0 Å². The number of carbonyl (C=O) groups is 1. The predicted octanol–water partition coefficient (Wildman–Crippen LogP) is 4.44. The van der Waals surface area contributed by atoms with E-state index in [9.17, 15) is 23.1 Å². The summed E-state index contributed by atoms with van der Waals surface area (Å²) in [7, 11) is 0. The third-order valence-electron chi connectivity index (χ3n) is 6.42. The topological polar surface area (TPSA) is 78.4 Å². The van der Waals surface area contributed by atoms with Crippen LogP contribution in [0.4, 0.5) is 18.0 Å². The molecule has 2 amide bonds. The predicted molar refractivity (Wildman–Crippen MR) is 117 cm³/mol. The number of carbonyl (C=O) groups excluding carboxylic acids is 1. The van der Waals surface area contributed by atoms with Gasteiger partial charge in [0.15, 0.2) is 0 Å². The first-order valence-corrected chi connectivity index (χ1v) is 11.4. The Labute approximate surface area is 195 Å².